The van der Waals surface area contributed by atoms with Gasteiger partial charge in [0.05, 0.1) is 12.7 Å². The third-order valence-electron chi connectivity index (χ3n) is 2.63. The van der Waals surface area contributed by atoms with Crippen molar-refractivity contribution in [2.24, 2.45) is 5.92 Å². The lowest BCUT2D eigenvalue weighted by Gasteiger charge is -2.19. The number of aliphatic hydroxyl groups is 1. The van der Waals surface area contributed by atoms with E-state index in [0.717, 1.165) is 19.4 Å². The Balaban J connectivity index is 3.36. The van der Waals surface area contributed by atoms with Gasteiger partial charge in [-0.15, -0.1) is 0 Å². The fourth-order valence-corrected chi connectivity index (χ4v) is 1.08. The third kappa shape index (κ3) is 8.85. The molecule has 2 N–H and O–H groups in total. The summed E-state index contributed by atoms with van der Waals surface area (Å²) in [4.78, 5) is 0. The van der Waals surface area contributed by atoms with Crippen LogP contribution in [0.4, 0.5) is 0 Å². The van der Waals surface area contributed by atoms with Crippen LogP contribution in [-0.4, -0.2) is 37.0 Å². The second-order valence-corrected chi connectivity index (χ2v) is 4.52. The Morgan fingerprint density at radius 3 is 2.47 bits per heavy atom. The molecule has 0 aliphatic heterocycles. The van der Waals surface area contributed by atoms with Gasteiger partial charge >= 0.3 is 0 Å². The normalized spacial score (nSPS) is 15.6. The lowest BCUT2D eigenvalue weighted by molar-refractivity contribution is 0.0341. The number of rotatable bonds is 9. The van der Waals surface area contributed by atoms with Crippen molar-refractivity contribution in [3.63, 3.8) is 0 Å². The van der Waals surface area contributed by atoms with Gasteiger partial charge in [-0.1, -0.05) is 27.2 Å². The molecule has 0 saturated carbocycles. The van der Waals surface area contributed by atoms with Gasteiger partial charge in [-0.3, -0.25) is 0 Å². The average Bonchev–Trinajstić information content (AvgIpc) is 2.20. The van der Waals surface area contributed by atoms with Crippen molar-refractivity contribution in [3.05, 3.63) is 0 Å². The summed E-state index contributed by atoms with van der Waals surface area (Å²) >= 11 is 0. The summed E-state index contributed by atoms with van der Waals surface area (Å²) in [6.45, 7) is 10.4. The number of hydrogen-bond donors (Lipinski definition) is 2. The predicted molar refractivity (Wildman–Crippen MR) is 64.0 cm³/mol. The molecule has 15 heavy (non-hydrogen) atoms. The topological polar surface area (TPSA) is 41.5 Å². The summed E-state index contributed by atoms with van der Waals surface area (Å²) in [5.41, 5.74) is 0. The van der Waals surface area contributed by atoms with Crippen molar-refractivity contribution >= 4 is 0 Å². The minimum atomic E-state index is -0.386. The van der Waals surface area contributed by atoms with E-state index in [0.29, 0.717) is 25.1 Å². The molecule has 0 fully saturated rings. The molecule has 0 spiro atoms. The van der Waals surface area contributed by atoms with Crippen LogP contribution in [0.3, 0.4) is 0 Å². The molecule has 0 bridgehead atoms. The maximum absolute atomic E-state index is 9.59. The number of ether oxygens (including phenoxy) is 1. The molecule has 0 rings (SSSR count). The Kier molecular flexibility index (Phi) is 9.06. The summed E-state index contributed by atoms with van der Waals surface area (Å²) < 4.78 is 5.34. The predicted octanol–water partition coefficient (Wildman–Crippen LogP) is 1.80. The standard InChI is InChI=1S/C12H27NO2/c1-5-6-7-15-9-12(14)8-13-11(4)10(2)3/h10-14H,5-9H2,1-4H3. The van der Waals surface area contributed by atoms with Gasteiger partial charge < -0.3 is 15.2 Å². The van der Waals surface area contributed by atoms with Crippen LogP contribution in [0.2, 0.25) is 0 Å². The molecule has 0 radical (unpaired) electrons. The number of hydrogen-bond acceptors (Lipinski definition) is 3. The highest BCUT2D eigenvalue weighted by molar-refractivity contribution is 4.67. The minimum absolute atomic E-state index is 0.386. The quantitative estimate of drug-likeness (QED) is 0.579. The second-order valence-electron chi connectivity index (χ2n) is 4.52. The average molecular weight is 217 g/mol. The van der Waals surface area contributed by atoms with Gasteiger partial charge in [0.1, 0.15) is 0 Å². The molecule has 0 saturated heterocycles. The highest BCUT2D eigenvalue weighted by Crippen LogP contribution is 1.99. The van der Waals surface area contributed by atoms with Crippen LogP contribution in [0.1, 0.15) is 40.5 Å². The highest BCUT2D eigenvalue weighted by atomic mass is 16.5. The summed E-state index contributed by atoms with van der Waals surface area (Å²) in [6, 6.07) is 0.440. The summed E-state index contributed by atoms with van der Waals surface area (Å²) in [5, 5.41) is 12.9. The first-order valence-corrected chi connectivity index (χ1v) is 6.07. The first kappa shape index (κ1) is 14.9. The number of nitrogens with one attached hydrogen (secondary N) is 1. The fourth-order valence-electron chi connectivity index (χ4n) is 1.08. The maximum Gasteiger partial charge on any atom is 0.0897 e. The van der Waals surface area contributed by atoms with Gasteiger partial charge in [0, 0.05) is 19.2 Å². The Bertz CT molecular complexity index is 140. The van der Waals surface area contributed by atoms with Crippen molar-refractivity contribution in [2.75, 3.05) is 19.8 Å². The molecule has 2 atom stereocenters. The molecule has 0 aliphatic rings. The van der Waals surface area contributed by atoms with Gasteiger partial charge in [0.25, 0.3) is 0 Å². The zero-order valence-electron chi connectivity index (χ0n) is 10.6. The van der Waals surface area contributed by atoms with Gasteiger partial charge in [-0.2, -0.15) is 0 Å². The third-order valence-corrected chi connectivity index (χ3v) is 2.63. The van der Waals surface area contributed by atoms with Crippen molar-refractivity contribution in [3.8, 4) is 0 Å². The summed E-state index contributed by atoms with van der Waals surface area (Å²) in [6.07, 6.45) is 1.82. The van der Waals surface area contributed by atoms with Crippen LogP contribution in [-0.2, 0) is 4.74 Å². The van der Waals surface area contributed by atoms with E-state index < -0.39 is 0 Å². The van der Waals surface area contributed by atoms with E-state index in [1.54, 1.807) is 0 Å². The van der Waals surface area contributed by atoms with Gasteiger partial charge in [0.2, 0.25) is 0 Å². The van der Waals surface area contributed by atoms with Crippen molar-refractivity contribution in [1.82, 2.24) is 5.32 Å². The van der Waals surface area contributed by atoms with Crippen LogP contribution < -0.4 is 5.32 Å². The Morgan fingerprint density at radius 1 is 1.27 bits per heavy atom. The highest BCUT2D eigenvalue weighted by Gasteiger charge is 2.09. The van der Waals surface area contributed by atoms with Crippen molar-refractivity contribution in [2.45, 2.75) is 52.7 Å². The second kappa shape index (κ2) is 9.13. The molecule has 0 heterocycles. The Morgan fingerprint density at radius 2 is 1.93 bits per heavy atom. The molecule has 0 aromatic heterocycles. The molecule has 0 aromatic rings. The number of unbranched alkanes of at least 4 members (excludes halogenated alkanes) is 1. The summed E-state index contributed by atoms with van der Waals surface area (Å²) in [7, 11) is 0. The summed E-state index contributed by atoms with van der Waals surface area (Å²) in [5.74, 6) is 0.596. The smallest absolute Gasteiger partial charge is 0.0897 e. The van der Waals surface area contributed by atoms with Crippen LogP contribution in [0.25, 0.3) is 0 Å². The lowest BCUT2D eigenvalue weighted by atomic mass is 10.1. The van der Waals surface area contributed by atoms with Gasteiger partial charge in [-0.05, 0) is 19.3 Å². The maximum atomic E-state index is 9.59. The van der Waals surface area contributed by atoms with E-state index in [1.165, 1.54) is 0 Å². The number of aliphatic hydroxyl groups excluding tert-OH is 1. The van der Waals surface area contributed by atoms with E-state index in [1.807, 2.05) is 0 Å². The monoisotopic (exact) mass is 217 g/mol. The molecule has 2 unspecified atom stereocenters. The van der Waals surface area contributed by atoms with Crippen LogP contribution in [0.5, 0.6) is 0 Å². The first-order chi connectivity index (χ1) is 7.07. The SMILES string of the molecule is CCCCOCC(O)CNC(C)C(C)C. The van der Waals surface area contributed by atoms with Gasteiger partial charge in [-0.25, -0.2) is 0 Å². The van der Waals surface area contributed by atoms with E-state index in [2.05, 4.69) is 33.0 Å². The van der Waals surface area contributed by atoms with Crippen molar-refractivity contribution < 1.29 is 9.84 Å². The van der Waals surface area contributed by atoms with Gasteiger partial charge in [0.15, 0.2) is 0 Å². The zero-order chi connectivity index (χ0) is 11.7. The Hall–Kier alpha value is -0.120. The van der Waals surface area contributed by atoms with Crippen LogP contribution in [0, 0.1) is 5.92 Å². The van der Waals surface area contributed by atoms with E-state index in [-0.39, 0.29) is 6.10 Å². The molecule has 92 valence electrons. The molecular formula is C12H27NO2. The minimum Gasteiger partial charge on any atom is -0.389 e. The molecule has 3 nitrogen and oxygen atoms in total. The van der Waals surface area contributed by atoms with E-state index in [4.69, 9.17) is 4.74 Å². The molecule has 0 amide bonds. The Labute approximate surface area is 94.2 Å². The van der Waals surface area contributed by atoms with Crippen LogP contribution >= 0.6 is 0 Å². The zero-order valence-corrected chi connectivity index (χ0v) is 10.6. The van der Waals surface area contributed by atoms with Crippen LogP contribution in [0.15, 0.2) is 0 Å². The van der Waals surface area contributed by atoms with Crippen molar-refractivity contribution in [1.29, 1.82) is 0 Å². The molecule has 0 aromatic carbocycles. The molecule has 0 aliphatic carbocycles. The fraction of sp³-hybridized carbons (Fsp3) is 1.00. The first-order valence-electron chi connectivity index (χ1n) is 6.07. The van der Waals surface area contributed by atoms with E-state index >= 15 is 0 Å². The molecule has 3 heteroatoms. The molecular weight excluding hydrogens is 190 g/mol. The largest absolute Gasteiger partial charge is 0.389 e. The van der Waals surface area contributed by atoms with E-state index in [9.17, 15) is 5.11 Å². The lowest BCUT2D eigenvalue weighted by Crippen LogP contribution is -2.38.